The van der Waals surface area contributed by atoms with Gasteiger partial charge in [0.1, 0.15) is 0 Å². The Morgan fingerprint density at radius 2 is 1.95 bits per heavy atom. The van der Waals surface area contributed by atoms with Crippen LogP contribution in [0.15, 0.2) is 30.6 Å². The Kier molecular flexibility index (Phi) is 5.46. The van der Waals surface area contributed by atoms with E-state index in [-0.39, 0.29) is 0 Å². The zero-order valence-corrected chi connectivity index (χ0v) is 13.2. The molecule has 3 nitrogen and oxygen atoms in total. The summed E-state index contributed by atoms with van der Waals surface area (Å²) in [5.41, 5.74) is 2.42. The third-order valence-electron chi connectivity index (χ3n) is 3.20. The third-order valence-corrected chi connectivity index (χ3v) is 3.94. The largest absolute Gasteiger partial charge is 0.314 e. The Labute approximate surface area is 129 Å². The van der Waals surface area contributed by atoms with Crippen molar-refractivity contribution in [3.05, 3.63) is 51.8 Å². The summed E-state index contributed by atoms with van der Waals surface area (Å²) in [5.74, 6) is 0. The first kappa shape index (κ1) is 15.4. The second-order valence-corrected chi connectivity index (χ2v) is 5.75. The number of aryl methyl sites for hydroxylation is 1. The Balaban J connectivity index is 2.06. The molecule has 20 heavy (non-hydrogen) atoms. The predicted molar refractivity (Wildman–Crippen MR) is 84.5 cm³/mol. The van der Waals surface area contributed by atoms with Crippen molar-refractivity contribution in [2.45, 2.75) is 25.8 Å². The van der Waals surface area contributed by atoms with Crippen LogP contribution in [-0.2, 0) is 19.9 Å². The lowest BCUT2D eigenvalue weighted by Crippen LogP contribution is -2.33. The molecule has 1 N–H and O–H groups in total. The second kappa shape index (κ2) is 7.11. The van der Waals surface area contributed by atoms with Crippen molar-refractivity contribution in [2.75, 3.05) is 6.54 Å². The molecule has 1 heterocycles. The van der Waals surface area contributed by atoms with Crippen molar-refractivity contribution in [3.8, 4) is 0 Å². The fraction of sp³-hybridized carbons (Fsp3) is 0.400. The lowest BCUT2D eigenvalue weighted by atomic mass is 10.0. The summed E-state index contributed by atoms with van der Waals surface area (Å²) in [6.45, 7) is 3.05. The molecule has 1 aromatic heterocycles. The molecule has 2 aromatic rings. The molecule has 0 amide bonds. The molecule has 108 valence electrons. The predicted octanol–water partition coefficient (Wildman–Crippen LogP) is 3.49. The summed E-state index contributed by atoms with van der Waals surface area (Å²) in [4.78, 5) is 0. The molecule has 0 spiro atoms. The minimum Gasteiger partial charge on any atom is -0.314 e. The molecule has 0 aliphatic heterocycles. The fourth-order valence-corrected chi connectivity index (χ4v) is 2.64. The molecule has 0 fully saturated rings. The summed E-state index contributed by atoms with van der Waals surface area (Å²) in [6.07, 6.45) is 5.83. The Bertz CT molecular complexity index is 566. The van der Waals surface area contributed by atoms with E-state index >= 15 is 0 Å². The van der Waals surface area contributed by atoms with E-state index in [1.807, 2.05) is 36.1 Å². The van der Waals surface area contributed by atoms with Crippen molar-refractivity contribution < 1.29 is 0 Å². The summed E-state index contributed by atoms with van der Waals surface area (Å²) in [5, 5.41) is 8.93. The van der Waals surface area contributed by atoms with Crippen molar-refractivity contribution in [1.82, 2.24) is 15.1 Å². The standard InChI is InChI=1S/C15H19Cl2N3/c1-3-18-13(7-12-9-19-20(2)10-12)6-11-4-5-14(16)15(17)8-11/h4-5,8-10,13,18H,3,6-7H2,1-2H3. The zero-order valence-electron chi connectivity index (χ0n) is 11.7. The van der Waals surface area contributed by atoms with Gasteiger partial charge in [-0.15, -0.1) is 0 Å². The molecule has 0 saturated carbocycles. The minimum atomic E-state index is 0.362. The van der Waals surface area contributed by atoms with Gasteiger partial charge >= 0.3 is 0 Å². The second-order valence-electron chi connectivity index (χ2n) is 4.93. The molecule has 0 bridgehead atoms. The number of hydrogen-bond donors (Lipinski definition) is 1. The van der Waals surface area contributed by atoms with Gasteiger partial charge in [-0.25, -0.2) is 0 Å². The first-order valence-electron chi connectivity index (χ1n) is 6.73. The van der Waals surface area contributed by atoms with Gasteiger partial charge in [0.15, 0.2) is 0 Å². The van der Waals surface area contributed by atoms with Gasteiger partial charge in [0, 0.05) is 19.3 Å². The van der Waals surface area contributed by atoms with Crippen LogP contribution in [0.4, 0.5) is 0 Å². The van der Waals surface area contributed by atoms with E-state index in [0.29, 0.717) is 16.1 Å². The quantitative estimate of drug-likeness (QED) is 0.885. The summed E-state index contributed by atoms with van der Waals surface area (Å²) in [7, 11) is 1.94. The Morgan fingerprint density at radius 1 is 1.20 bits per heavy atom. The molecule has 1 atom stereocenters. The Hall–Kier alpha value is -1.03. The highest BCUT2D eigenvalue weighted by Crippen LogP contribution is 2.23. The van der Waals surface area contributed by atoms with Crippen LogP contribution in [0.3, 0.4) is 0 Å². The van der Waals surface area contributed by atoms with Gasteiger partial charge in [-0.05, 0) is 42.6 Å². The van der Waals surface area contributed by atoms with Crippen molar-refractivity contribution >= 4 is 23.2 Å². The zero-order chi connectivity index (χ0) is 14.5. The molecule has 0 saturated heterocycles. The number of likely N-dealkylation sites (N-methyl/N-ethyl adjacent to an activating group) is 1. The molecule has 2 rings (SSSR count). The maximum atomic E-state index is 6.07. The number of rotatable bonds is 6. The van der Waals surface area contributed by atoms with Gasteiger partial charge in [-0.3, -0.25) is 4.68 Å². The van der Waals surface area contributed by atoms with Crippen molar-refractivity contribution in [1.29, 1.82) is 0 Å². The average molecular weight is 312 g/mol. The number of benzene rings is 1. The van der Waals surface area contributed by atoms with Crippen LogP contribution in [0.1, 0.15) is 18.1 Å². The number of hydrogen-bond acceptors (Lipinski definition) is 2. The number of aromatic nitrogens is 2. The minimum absolute atomic E-state index is 0.362. The van der Waals surface area contributed by atoms with Crippen LogP contribution >= 0.6 is 23.2 Å². The monoisotopic (exact) mass is 311 g/mol. The number of halogens is 2. The van der Waals surface area contributed by atoms with Gasteiger partial charge < -0.3 is 5.32 Å². The number of nitrogens with one attached hydrogen (secondary N) is 1. The molecule has 5 heteroatoms. The summed E-state index contributed by atoms with van der Waals surface area (Å²) in [6, 6.07) is 6.19. The van der Waals surface area contributed by atoms with Crippen LogP contribution < -0.4 is 5.32 Å². The smallest absolute Gasteiger partial charge is 0.0595 e. The lowest BCUT2D eigenvalue weighted by molar-refractivity contribution is 0.521. The van der Waals surface area contributed by atoms with E-state index in [2.05, 4.69) is 23.5 Å². The van der Waals surface area contributed by atoms with E-state index in [4.69, 9.17) is 23.2 Å². The van der Waals surface area contributed by atoms with E-state index in [0.717, 1.165) is 19.4 Å². The molecule has 0 aliphatic carbocycles. The molecule has 0 radical (unpaired) electrons. The molecular formula is C15H19Cl2N3. The first-order chi connectivity index (χ1) is 9.58. The van der Waals surface area contributed by atoms with Crippen molar-refractivity contribution in [2.24, 2.45) is 7.05 Å². The highest BCUT2D eigenvalue weighted by molar-refractivity contribution is 6.42. The van der Waals surface area contributed by atoms with Crippen molar-refractivity contribution in [3.63, 3.8) is 0 Å². The van der Waals surface area contributed by atoms with Crippen LogP contribution in [0.25, 0.3) is 0 Å². The molecule has 0 aliphatic rings. The third kappa shape index (κ3) is 4.23. The normalized spacial score (nSPS) is 12.6. The van der Waals surface area contributed by atoms with Gasteiger partial charge in [0.2, 0.25) is 0 Å². The summed E-state index contributed by atoms with van der Waals surface area (Å²) < 4.78 is 1.83. The maximum absolute atomic E-state index is 6.07. The summed E-state index contributed by atoms with van der Waals surface area (Å²) >= 11 is 12.0. The topological polar surface area (TPSA) is 29.9 Å². The lowest BCUT2D eigenvalue weighted by Gasteiger charge is -2.17. The van der Waals surface area contributed by atoms with Gasteiger partial charge in [0.05, 0.1) is 16.2 Å². The average Bonchev–Trinajstić information content (AvgIpc) is 2.80. The van der Waals surface area contributed by atoms with Gasteiger partial charge in [-0.2, -0.15) is 5.10 Å². The fourth-order valence-electron chi connectivity index (χ4n) is 2.32. The SMILES string of the molecule is CCNC(Cc1ccc(Cl)c(Cl)c1)Cc1cnn(C)c1. The first-order valence-corrected chi connectivity index (χ1v) is 7.49. The molecule has 1 unspecified atom stereocenters. The van der Waals surface area contributed by atoms with Gasteiger partial charge in [0.25, 0.3) is 0 Å². The highest BCUT2D eigenvalue weighted by Gasteiger charge is 2.11. The van der Waals surface area contributed by atoms with Crippen LogP contribution in [0.5, 0.6) is 0 Å². The molecule has 1 aromatic carbocycles. The highest BCUT2D eigenvalue weighted by atomic mass is 35.5. The van der Waals surface area contributed by atoms with E-state index < -0.39 is 0 Å². The Morgan fingerprint density at radius 3 is 2.55 bits per heavy atom. The van der Waals surface area contributed by atoms with Gasteiger partial charge in [-0.1, -0.05) is 36.2 Å². The maximum Gasteiger partial charge on any atom is 0.0595 e. The van der Waals surface area contributed by atoms with E-state index in [1.54, 1.807) is 0 Å². The number of nitrogens with zero attached hydrogens (tertiary/aromatic N) is 2. The van der Waals surface area contributed by atoms with Crippen LogP contribution in [0.2, 0.25) is 10.0 Å². The van der Waals surface area contributed by atoms with E-state index in [9.17, 15) is 0 Å². The van der Waals surface area contributed by atoms with Crippen LogP contribution in [0, 0.1) is 0 Å². The molecular weight excluding hydrogens is 293 g/mol. The van der Waals surface area contributed by atoms with E-state index in [1.165, 1.54) is 11.1 Å². The van der Waals surface area contributed by atoms with Crippen LogP contribution in [-0.4, -0.2) is 22.4 Å².